The molecular weight excluding hydrogens is 348 g/mol. The van der Waals surface area contributed by atoms with Crippen molar-refractivity contribution in [1.29, 1.82) is 0 Å². The number of methoxy groups -OCH3 is 1. The van der Waals surface area contributed by atoms with E-state index in [9.17, 15) is 4.79 Å². The minimum Gasteiger partial charge on any atom is -0.495 e. The number of rotatable bonds is 4. The second-order valence-corrected chi connectivity index (χ2v) is 6.47. The van der Waals surface area contributed by atoms with E-state index in [1.165, 1.54) is 11.8 Å². The van der Waals surface area contributed by atoms with Crippen LogP contribution in [0.3, 0.4) is 0 Å². The van der Waals surface area contributed by atoms with Crippen LogP contribution in [0.1, 0.15) is 12.7 Å². The molecule has 0 spiro atoms. The van der Waals surface area contributed by atoms with E-state index in [1.54, 1.807) is 54.7 Å². The van der Waals surface area contributed by atoms with Gasteiger partial charge in [-0.25, -0.2) is 4.99 Å². The van der Waals surface area contributed by atoms with Gasteiger partial charge in [0, 0.05) is 6.08 Å². The number of halogens is 1. The predicted octanol–water partition coefficient (Wildman–Crippen LogP) is 4.44. The summed E-state index contributed by atoms with van der Waals surface area (Å²) in [4.78, 5) is 18.8. The molecule has 5 nitrogen and oxygen atoms in total. The molecule has 7 heteroatoms. The minimum atomic E-state index is -0.219. The van der Waals surface area contributed by atoms with Gasteiger partial charge in [-0.2, -0.15) is 0 Å². The van der Waals surface area contributed by atoms with Crippen LogP contribution in [0.15, 0.2) is 51.7 Å². The fraction of sp³-hybridized carbons (Fsp3) is 0.176. The standard InChI is InChI=1S/C17H15ClN2O3S/c1-3-24-17-19-14(10-12-5-4-8-23-12)16(21)20(17)11-6-7-15(22-2)13(18)9-11/h4-10H,3H2,1-2H3/b14-10+. The molecule has 3 rings (SSSR count). The first-order valence-electron chi connectivity index (χ1n) is 7.28. The monoisotopic (exact) mass is 362 g/mol. The quantitative estimate of drug-likeness (QED) is 0.754. The van der Waals surface area contributed by atoms with Gasteiger partial charge < -0.3 is 9.15 Å². The number of hydrogen-bond acceptors (Lipinski definition) is 5. The average molecular weight is 363 g/mol. The lowest BCUT2D eigenvalue weighted by atomic mass is 10.2. The molecular formula is C17H15ClN2O3S. The maximum absolute atomic E-state index is 12.8. The molecule has 1 aromatic heterocycles. The number of amidine groups is 1. The third kappa shape index (κ3) is 3.20. The average Bonchev–Trinajstić information content (AvgIpc) is 3.17. The number of hydrogen-bond donors (Lipinski definition) is 0. The Morgan fingerprint density at radius 3 is 2.88 bits per heavy atom. The molecule has 2 aromatic rings. The first-order valence-corrected chi connectivity index (χ1v) is 8.65. The normalized spacial score (nSPS) is 16.0. The molecule has 0 fully saturated rings. The molecule has 0 bridgehead atoms. The molecule has 0 N–H and O–H groups in total. The molecule has 0 atom stereocenters. The molecule has 124 valence electrons. The number of anilines is 1. The van der Waals surface area contributed by atoms with Crippen molar-refractivity contribution in [3.8, 4) is 5.75 Å². The van der Waals surface area contributed by atoms with Crippen LogP contribution in [0.25, 0.3) is 6.08 Å². The van der Waals surface area contributed by atoms with E-state index in [-0.39, 0.29) is 5.91 Å². The Labute approximate surface area is 148 Å². The first kappa shape index (κ1) is 16.7. The Hall–Kier alpha value is -2.18. The van der Waals surface area contributed by atoms with Gasteiger partial charge in [-0.05, 0) is 36.1 Å². The molecule has 2 heterocycles. The van der Waals surface area contributed by atoms with Crippen LogP contribution in [0.4, 0.5) is 5.69 Å². The lowest BCUT2D eigenvalue weighted by Crippen LogP contribution is -2.30. The number of thioether (sulfide) groups is 1. The molecule has 0 radical (unpaired) electrons. The largest absolute Gasteiger partial charge is 0.495 e. The SMILES string of the molecule is CCSC1=N/C(=C/c2ccco2)C(=O)N1c1ccc(OC)c(Cl)c1. The maximum atomic E-state index is 12.8. The van der Waals surface area contributed by atoms with Crippen LogP contribution in [-0.2, 0) is 4.79 Å². The molecule has 0 saturated carbocycles. The van der Waals surface area contributed by atoms with Crippen LogP contribution in [0.5, 0.6) is 5.75 Å². The molecule has 1 aliphatic heterocycles. The third-order valence-corrected chi connectivity index (χ3v) is 4.43. The number of carbonyl (C=O) groups is 1. The molecule has 0 unspecified atom stereocenters. The second-order valence-electron chi connectivity index (χ2n) is 4.83. The zero-order valence-corrected chi connectivity index (χ0v) is 14.7. The summed E-state index contributed by atoms with van der Waals surface area (Å²) in [5.74, 6) is 1.71. The van der Waals surface area contributed by atoms with Crippen molar-refractivity contribution in [2.75, 3.05) is 17.8 Å². The summed E-state index contributed by atoms with van der Waals surface area (Å²) in [5, 5.41) is 1.05. The molecule has 0 saturated heterocycles. The van der Waals surface area contributed by atoms with Gasteiger partial charge in [0.1, 0.15) is 17.2 Å². The van der Waals surface area contributed by atoms with Crippen LogP contribution >= 0.6 is 23.4 Å². The fourth-order valence-corrected chi connectivity index (χ4v) is 3.24. The molecule has 24 heavy (non-hydrogen) atoms. The van der Waals surface area contributed by atoms with Crippen LogP contribution < -0.4 is 9.64 Å². The summed E-state index contributed by atoms with van der Waals surface area (Å²) in [6.45, 7) is 2.01. The Kier molecular flexibility index (Phi) is 4.97. The number of ether oxygens (including phenoxy) is 1. The van der Waals surface area contributed by atoms with E-state index in [0.29, 0.717) is 33.1 Å². The van der Waals surface area contributed by atoms with Crippen molar-refractivity contribution >= 4 is 46.2 Å². The highest BCUT2D eigenvalue weighted by Gasteiger charge is 2.32. The van der Waals surface area contributed by atoms with E-state index in [0.717, 1.165) is 5.75 Å². The second kappa shape index (κ2) is 7.15. The molecule has 1 amide bonds. The fourth-order valence-electron chi connectivity index (χ4n) is 2.25. The number of amides is 1. The van der Waals surface area contributed by atoms with E-state index in [4.69, 9.17) is 20.8 Å². The summed E-state index contributed by atoms with van der Waals surface area (Å²) in [5.41, 5.74) is 0.973. The Morgan fingerprint density at radius 2 is 2.25 bits per heavy atom. The van der Waals surface area contributed by atoms with Crippen molar-refractivity contribution in [3.05, 3.63) is 53.1 Å². The van der Waals surface area contributed by atoms with E-state index >= 15 is 0 Å². The van der Waals surface area contributed by atoms with Gasteiger partial charge >= 0.3 is 0 Å². The number of furan rings is 1. The van der Waals surface area contributed by atoms with Crippen LogP contribution in [0.2, 0.25) is 5.02 Å². The zero-order chi connectivity index (χ0) is 17.1. The van der Waals surface area contributed by atoms with Gasteiger partial charge in [0.25, 0.3) is 5.91 Å². The minimum absolute atomic E-state index is 0.219. The van der Waals surface area contributed by atoms with Gasteiger partial charge in [-0.3, -0.25) is 9.69 Å². The lowest BCUT2D eigenvalue weighted by molar-refractivity contribution is -0.113. The Bertz CT molecular complexity index is 815. The zero-order valence-electron chi connectivity index (χ0n) is 13.2. The summed E-state index contributed by atoms with van der Waals surface area (Å²) >= 11 is 7.68. The first-order chi connectivity index (χ1) is 11.6. The van der Waals surface area contributed by atoms with Crippen molar-refractivity contribution in [2.24, 2.45) is 4.99 Å². The number of carbonyl (C=O) groups excluding carboxylic acids is 1. The lowest BCUT2D eigenvalue weighted by Gasteiger charge is -2.18. The van der Waals surface area contributed by atoms with Crippen molar-refractivity contribution in [1.82, 2.24) is 0 Å². The predicted molar refractivity (Wildman–Crippen MR) is 97.7 cm³/mol. The van der Waals surface area contributed by atoms with Crippen molar-refractivity contribution in [3.63, 3.8) is 0 Å². The number of benzene rings is 1. The third-order valence-electron chi connectivity index (χ3n) is 3.32. The van der Waals surface area contributed by atoms with Gasteiger partial charge in [0.15, 0.2) is 5.17 Å². The highest BCUT2D eigenvalue weighted by atomic mass is 35.5. The van der Waals surface area contributed by atoms with E-state index < -0.39 is 0 Å². The maximum Gasteiger partial charge on any atom is 0.283 e. The smallest absolute Gasteiger partial charge is 0.283 e. The van der Waals surface area contributed by atoms with Crippen molar-refractivity contribution < 1.29 is 13.9 Å². The topological polar surface area (TPSA) is 55.0 Å². The molecule has 1 aliphatic rings. The Morgan fingerprint density at radius 1 is 1.42 bits per heavy atom. The van der Waals surface area contributed by atoms with E-state index in [1.807, 2.05) is 6.92 Å². The van der Waals surface area contributed by atoms with Crippen LogP contribution in [-0.4, -0.2) is 23.9 Å². The summed E-state index contributed by atoms with van der Waals surface area (Å²) in [6, 6.07) is 8.74. The van der Waals surface area contributed by atoms with Crippen LogP contribution in [0, 0.1) is 0 Å². The summed E-state index contributed by atoms with van der Waals surface area (Å²) in [7, 11) is 1.55. The van der Waals surface area contributed by atoms with E-state index in [2.05, 4.69) is 4.99 Å². The summed E-state index contributed by atoms with van der Waals surface area (Å²) < 4.78 is 10.4. The highest BCUT2D eigenvalue weighted by Crippen LogP contribution is 2.34. The molecule has 1 aromatic carbocycles. The van der Waals surface area contributed by atoms with Gasteiger partial charge in [0.2, 0.25) is 0 Å². The van der Waals surface area contributed by atoms with Gasteiger partial charge in [-0.1, -0.05) is 30.3 Å². The van der Waals surface area contributed by atoms with Crippen molar-refractivity contribution in [2.45, 2.75) is 6.92 Å². The number of aliphatic imine (C=N–C) groups is 1. The molecule has 0 aliphatic carbocycles. The summed E-state index contributed by atoms with van der Waals surface area (Å²) in [6.07, 6.45) is 3.18. The van der Waals surface area contributed by atoms with Gasteiger partial charge in [-0.15, -0.1) is 0 Å². The van der Waals surface area contributed by atoms with Gasteiger partial charge in [0.05, 0.1) is 24.1 Å². The number of nitrogens with zero attached hydrogens (tertiary/aromatic N) is 2. The highest BCUT2D eigenvalue weighted by molar-refractivity contribution is 8.14. The Balaban J connectivity index is 1.99.